The Bertz CT molecular complexity index is 998. The summed E-state index contributed by atoms with van der Waals surface area (Å²) in [6.45, 7) is 8.28. The van der Waals surface area contributed by atoms with Crippen molar-refractivity contribution in [2.24, 2.45) is 17.8 Å². The van der Waals surface area contributed by atoms with Crippen LogP contribution in [0.5, 0.6) is 11.6 Å². The number of hydrogen-bond acceptors (Lipinski definition) is 4. The smallest absolute Gasteiger partial charge is 0.238 e. The van der Waals surface area contributed by atoms with E-state index >= 15 is 0 Å². The molecule has 2 unspecified atom stereocenters. The van der Waals surface area contributed by atoms with Gasteiger partial charge in [0.1, 0.15) is 16.5 Å². The lowest BCUT2D eigenvalue weighted by Crippen LogP contribution is -2.24. The summed E-state index contributed by atoms with van der Waals surface area (Å²) in [6.07, 6.45) is 4.74. The summed E-state index contributed by atoms with van der Waals surface area (Å²) >= 11 is 12.1. The standard InChI is InChI=1S/C25H29Cl2NO3/c1-5-14(6-2)21-18(8-4)23(29)22(24(21)30)19-12-17(10-9-15(19)7-3)31-25-20(27)11-16(26)13-28-25/h9-14,18,21,30H,5-8H2,1-4H3. The first-order valence-electron chi connectivity index (χ1n) is 11.0. The fourth-order valence-electron chi connectivity index (χ4n) is 4.64. The number of ether oxygens (including phenoxy) is 1. The maximum Gasteiger partial charge on any atom is 0.238 e. The predicted molar refractivity (Wildman–Crippen MR) is 126 cm³/mol. The normalized spacial score (nSPS) is 18.9. The average molecular weight is 462 g/mol. The highest BCUT2D eigenvalue weighted by molar-refractivity contribution is 6.35. The van der Waals surface area contributed by atoms with Crippen molar-refractivity contribution in [2.45, 2.75) is 53.4 Å². The number of aromatic nitrogens is 1. The molecule has 2 atom stereocenters. The van der Waals surface area contributed by atoms with Gasteiger partial charge in [0.05, 0.1) is 10.6 Å². The molecule has 1 N–H and O–H groups in total. The van der Waals surface area contributed by atoms with Crippen molar-refractivity contribution in [3.05, 3.63) is 57.4 Å². The van der Waals surface area contributed by atoms with Gasteiger partial charge in [-0.05, 0) is 48.1 Å². The molecule has 4 nitrogen and oxygen atoms in total. The van der Waals surface area contributed by atoms with Gasteiger partial charge in [-0.3, -0.25) is 4.79 Å². The van der Waals surface area contributed by atoms with Crippen LogP contribution in [0.4, 0.5) is 0 Å². The SMILES string of the molecule is CCc1ccc(Oc2ncc(Cl)cc2Cl)cc1C1=C(O)C(C(CC)CC)C(CC)C1=O. The molecular weight excluding hydrogens is 433 g/mol. The lowest BCUT2D eigenvalue weighted by atomic mass is 9.78. The molecule has 6 heteroatoms. The molecule has 0 radical (unpaired) electrons. The highest BCUT2D eigenvalue weighted by atomic mass is 35.5. The molecule has 31 heavy (non-hydrogen) atoms. The van der Waals surface area contributed by atoms with E-state index in [4.69, 9.17) is 27.9 Å². The van der Waals surface area contributed by atoms with Crippen molar-refractivity contribution in [2.75, 3.05) is 0 Å². The molecule has 2 aromatic rings. The molecule has 0 saturated heterocycles. The largest absolute Gasteiger partial charge is 0.511 e. The van der Waals surface area contributed by atoms with Crippen LogP contribution in [0.3, 0.4) is 0 Å². The van der Waals surface area contributed by atoms with Crippen LogP contribution in [0, 0.1) is 17.8 Å². The second kappa shape index (κ2) is 10.1. The van der Waals surface area contributed by atoms with Crippen LogP contribution in [0.15, 0.2) is 36.2 Å². The molecule has 0 amide bonds. The molecule has 1 aliphatic rings. The van der Waals surface area contributed by atoms with Gasteiger partial charge in [-0.2, -0.15) is 0 Å². The number of carbonyl (C=O) groups excluding carboxylic acids is 1. The zero-order chi connectivity index (χ0) is 22.7. The predicted octanol–water partition coefficient (Wildman–Crippen LogP) is 7.67. The number of benzene rings is 1. The maximum absolute atomic E-state index is 13.4. The highest BCUT2D eigenvalue weighted by Gasteiger charge is 2.44. The molecule has 0 bridgehead atoms. The van der Waals surface area contributed by atoms with Crippen molar-refractivity contribution in [1.29, 1.82) is 0 Å². The number of allylic oxidation sites excluding steroid dienone is 2. The van der Waals surface area contributed by atoms with E-state index in [0.29, 0.717) is 27.8 Å². The van der Waals surface area contributed by atoms with Crippen molar-refractivity contribution in [3.8, 4) is 11.6 Å². The minimum absolute atomic E-state index is 0.0198. The van der Waals surface area contributed by atoms with Gasteiger partial charge in [0.25, 0.3) is 0 Å². The number of carbonyl (C=O) groups is 1. The summed E-state index contributed by atoms with van der Waals surface area (Å²) in [4.78, 5) is 17.6. The highest BCUT2D eigenvalue weighted by Crippen LogP contribution is 2.46. The maximum atomic E-state index is 13.4. The zero-order valence-electron chi connectivity index (χ0n) is 18.4. The second-order valence-corrected chi connectivity index (χ2v) is 8.80. The number of nitrogens with zero attached hydrogens (tertiary/aromatic N) is 1. The van der Waals surface area contributed by atoms with E-state index in [9.17, 15) is 9.90 Å². The Morgan fingerprint density at radius 1 is 1.13 bits per heavy atom. The first-order chi connectivity index (χ1) is 14.9. The molecule has 166 valence electrons. The Labute approximate surface area is 194 Å². The zero-order valence-corrected chi connectivity index (χ0v) is 19.9. The van der Waals surface area contributed by atoms with Gasteiger partial charge in [-0.25, -0.2) is 4.98 Å². The molecule has 0 fully saturated rings. The summed E-state index contributed by atoms with van der Waals surface area (Å²) in [5.41, 5.74) is 2.14. The van der Waals surface area contributed by atoms with Crippen LogP contribution in [0.25, 0.3) is 5.57 Å². The van der Waals surface area contributed by atoms with Crippen LogP contribution < -0.4 is 4.74 Å². The van der Waals surface area contributed by atoms with E-state index in [0.717, 1.165) is 30.4 Å². The summed E-state index contributed by atoms with van der Waals surface area (Å²) < 4.78 is 5.89. The number of ketones is 1. The summed E-state index contributed by atoms with van der Waals surface area (Å²) in [7, 11) is 0. The topological polar surface area (TPSA) is 59.4 Å². The van der Waals surface area contributed by atoms with E-state index in [-0.39, 0.29) is 35.2 Å². The van der Waals surface area contributed by atoms with Crippen LogP contribution in [-0.2, 0) is 11.2 Å². The molecule has 1 heterocycles. The van der Waals surface area contributed by atoms with E-state index in [2.05, 4.69) is 18.8 Å². The number of aliphatic hydroxyl groups is 1. The number of pyridine rings is 1. The average Bonchev–Trinajstić information content (AvgIpc) is 3.00. The fourth-order valence-corrected chi connectivity index (χ4v) is 5.06. The first kappa shape index (κ1) is 23.6. The van der Waals surface area contributed by atoms with Crippen LogP contribution in [0.2, 0.25) is 10.0 Å². The minimum atomic E-state index is -0.193. The van der Waals surface area contributed by atoms with E-state index in [1.165, 1.54) is 6.20 Å². The Morgan fingerprint density at radius 3 is 2.42 bits per heavy atom. The monoisotopic (exact) mass is 461 g/mol. The Morgan fingerprint density at radius 2 is 1.84 bits per heavy atom. The molecule has 1 aliphatic carbocycles. The minimum Gasteiger partial charge on any atom is -0.511 e. The Hall–Kier alpha value is -2.04. The molecule has 1 aromatic heterocycles. The van der Waals surface area contributed by atoms with Crippen molar-refractivity contribution < 1.29 is 14.6 Å². The second-order valence-electron chi connectivity index (χ2n) is 7.96. The third kappa shape index (κ3) is 4.61. The van der Waals surface area contributed by atoms with Crippen LogP contribution in [0.1, 0.15) is 58.1 Å². The molecule has 0 spiro atoms. The molecule has 0 aliphatic heterocycles. The number of halogens is 2. The van der Waals surface area contributed by atoms with Gasteiger partial charge in [0.15, 0.2) is 5.78 Å². The number of rotatable bonds is 8. The van der Waals surface area contributed by atoms with Gasteiger partial charge >= 0.3 is 0 Å². The third-order valence-electron chi connectivity index (χ3n) is 6.31. The summed E-state index contributed by atoms with van der Waals surface area (Å²) in [5, 5.41) is 12.0. The van der Waals surface area contributed by atoms with Gasteiger partial charge in [-0.1, -0.05) is 69.8 Å². The van der Waals surface area contributed by atoms with E-state index in [1.807, 2.05) is 26.0 Å². The Kier molecular flexibility index (Phi) is 7.66. The third-order valence-corrected chi connectivity index (χ3v) is 6.78. The molecule has 1 aromatic carbocycles. The lowest BCUT2D eigenvalue weighted by molar-refractivity contribution is -0.118. The van der Waals surface area contributed by atoms with Crippen LogP contribution >= 0.6 is 23.2 Å². The molecule has 0 saturated carbocycles. The van der Waals surface area contributed by atoms with Gasteiger partial charge < -0.3 is 9.84 Å². The van der Waals surface area contributed by atoms with Crippen molar-refractivity contribution in [1.82, 2.24) is 4.98 Å². The molecular formula is C25H29Cl2NO3. The number of aliphatic hydroxyl groups excluding tert-OH is 1. The van der Waals surface area contributed by atoms with Crippen molar-refractivity contribution >= 4 is 34.6 Å². The van der Waals surface area contributed by atoms with Gasteiger partial charge in [0.2, 0.25) is 5.88 Å². The number of Topliss-reactive ketones (excluding diaryl/α,β-unsaturated/α-hetero) is 1. The quantitative estimate of drug-likeness (QED) is 0.437. The van der Waals surface area contributed by atoms with Crippen molar-refractivity contribution in [3.63, 3.8) is 0 Å². The summed E-state index contributed by atoms with van der Waals surface area (Å²) in [5.74, 6) is 0.916. The lowest BCUT2D eigenvalue weighted by Gasteiger charge is -2.25. The van der Waals surface area contributed by atoms with E-state index in [1.54, 1.807) is 12.1 Å². The van der Waals surface area contributed by atoms with Gasteiger partial charge in [0, 0.05) is 18.0 Å². The van der Waals surface area contributed by atoms with Gasteiger partial charge in [-0.15, -0.1) is 0 Å². The molecule has 3 rings (SSSR count). The Balaban J connectivity index is 2.07. The fraction of sp³-hybridized carbons (Fsp3) is 0.440. The van der Waals surface area contributed by atoms with E-state index < -0.39 is 0 Å². The van der Waals surface area contributed by atoms with Crippen LogP contribution in [-0.4, -0.2) is 15.9 Å². The first-order valence-corrected chi connectivity index (χ1v) is 11.7. The number of aryl methyl sites for hydroxylation is 1. The number of hydrogen-bond donors (Lipinski definition) is 1. The summed E-state index contributed by atoms with van der Waals surface area (Å²) in [6, 6.07) is 7.11.